The average Bonchev–Trinajstić information content (AvgIpc) is 2.78. The third kappa shape index (κ3) is 2.84. The lowest BCUT2D eigenvalue weighted by atomic mass is 9.82. The predicted molar refractivity (Wildman–Crippen MR) is 116 cm³/mol. The highest BCUT2D eigenvalue weighted by Crippen LogP contribution is 2.48. The van der Waals surface area contributed by atoms with Gasteiger partial charge < -0.3 is 28.1 Å². The standard InChI is InChI=1S/C24H26O7Si/c1-24(2,3)32(14-10-6-4-7-11-14,15-12-8-5-9-13-15)31-21-19-16-18-17(27-22(25)26-16)20(21)30-23(28-18)29-19/h4-13,16-21,23H,1-3H3/t16-,17+,18?,19+,20-,21?,23?. The van der Waals surface area contributed by atoms with E-state index in [0.717, 1.165) is 10.4 Å². The molecule has 2 aromatic rings. The third-order valence-electron chi connectivity index (χ3n) is 6.94. The van der Waals surface area contributed by atoms with Crippen molar-refractivity contribution in [2.24, 2.45) is 0 Å². The first-order valence-corrected chi connectivity index (χ1v) is 12.9. The molecular formula is C24H26O7Si. The minimum Gasteiger partial charge on any atom is -0.425 e. The molecule has 1 saturated carbocycles. The summed E-state index contributed by atoms with van der Waals surface area (Å²) in [6, 6.07) is 20.8. The molecule has 7 atom stereocenters. The predicted octanol–water partition coefficient (Wildman–Crippen LogP) is 2.32. The van der Waals surface area contributed by atoms with Gasteiger partial charge in [0.15, 0.2) is 12.2 Å². The Morgan fingerprint density at radius 1 is 0.719 bits per heavy atom. The molecule has 1 aliphatic carbocycles. The Balaban J connectivity index is 1.49. The van der Waals surface area contributed by atoms with Crippen LogP contribution in [0.4, 0.5) is 4.79 Å². The lowest BCUT2D eigenvalue weighted by molar-refractivity contribution is -0.487. The van der Waals surface area contributed by atoms with Crippen LogP contribution in [0.3, 0.4) is 0 Å². The highest BCUT2D eigenvalue weighted by Gasteiger charge is 2.69. The summed E-state index contributed by atoms with van der Waals surface area (Å²) in [6.45, 7) is 5.87. The van der Waals surface area contributed by atoms with Crippen LogP contribution in [0.15, 0.2) is 60.7 Å². The lowest BCUT2D eigenvalue weighted by Crippen LogP contribution is -2.81. The molecule has 4 heterocycles. The number of ether oxygens (including phenoxy) is 5. The average molecular weight is 455 g/mol. The largest absolute Gasteiger partial charge is 0.509 e. The van der Waals surface area contributed by atoms with Gasteiger partial charge in [0, 0.05) is 0 Å². The monoisotopic (exact) mass is 454 g/mol. The van der Waals surface area contributed by atoms with E-state index < -0.39 is 57.6 Å². The Morgan fingerprint density at radius 2 is 1.19 bits per heavy atom. The van der Waals surface area contributed by atoms with Gasteiger partial charge in [0.2, 0.25) is 0 Å². The van der Waals surface area contributed by atoms with Crippen molar-refractivity contribution in [3.63, 3.8) is 0 Å². The lowest BCUT2D eigenvalue weighted by Gasteiger charge is -2.61. The molecule has 5 fully saturated rings. The van der Waals surface area contributed by atoms with Crippen LogP contribution in [0.1, 0.15) is 20.8 Å². The van der Waals surface area contributed by atoms with Crippen molar-refractivity contribution in [2.45, 2.75) is 68.9 Å². The Labute approximate surface area is 187 Å². The van der Waals surface area contributed by atoms with E-state index in [1.165, 1.54) is 0 Å². The van der Waals surface area contributed by atoms with E-state index in [-0.39, 0.29) is 5.04 Å². The smallest absolute Gasteiger partial charge is 0.425 e. The third-order valence-corrected chi connectivity index (χ3v) is 12.0. The van der Waals surface area contributed by atoms with E-state index in [4.69, 9.17) is 28.1 Å². The van der Waals surface area contributed by atoms with Crippen LogP contribution in [0, 0.1) is 0 Å². The minimum atomic E-state index is -2.87. The Morgan fingerprint density at radius 3 is 1.66 bits per heavy atom. The second-order valence-electron chi connectivity index (χ2n) is 9.75. The van der Waals surface area contributed by atoms with Gasteiger partial charge in [-0.1, -0.05) is 81.4 Å². The van der Waals surface area contributed by atoms with Crippen LogP contribution in [0.25, 0.3) is 0 Å². The maximum atomic E-state index is 12.0. The summed E-state index contributed by atoms with van der Waals surface area (Å²) >= 11 is 0. The van der Waals surface area contributed by atoms with Crippen LogP contribution in [-0.4, -0.2) is 57.6 Å². The van der Waals surface area contributed by atoms with Crippen LogP contribution < -0.4 is 10.4 Å². The summed E-state index contributed by atoms with van der Waals surface area (Å²) in [4.78, 5) is 12.0. The minimum absolute atomic E-state index is 0.215. The SMILES string of the molecule is CC(C)(C)[Si](OC1[C@H]2OC3OC4[C@H]2OC(=O)O[C@@H]4[C@H]1O3)(c1ccccc1)c1ccccc1. The number of carbonyl (C=O) groups is 1. The summed E-state index contributed by atoms with van der Waals surface area (Å²) in [5, 5.41) is 2.10. The second kappa shape index (κ2) is 7.13. The Bertz CT molecular complexity index is 943. The molecule has 7 nitrogen and oxygen atoms in total. The van der Waals surface area contributed by atoms with E-state index in [1.807, 2.05) is 36.4 Å². The van der Waals surface area contributed by atoms with Gasteiger partial charge >= 0.3 is 6.16 Å². The fourth-order valence-corrected chi connectivity index (χ4v) is 10.3. The van der Waals surface area contributed by atoms with Crippen LogP contribution in [0.2, 0.25) is 5.04 Å². The topological polar surface area (TPSA) is 72.5 Å². The highest BCUT2D eigenvalue weighted by molar-refractivity contribution is 6.99. The van der Waals surface area contributed by atoms with Gasteiger partial charge in [-0.2, -0.15) is 0 Å². The fraction of sp³-hybridized carbons (Fsp3) is 0.458. The van der Waals surface area contributed by atoms with Crippen molar-refractivity contribution in [3.05, 3.63) is 60.7 Å². The van der Waals surface area contributed by atoms with E-state index in [9.17, 15) is 4.79 Å². The number of rotatable bonds is 4. The normalized spacial score (nSPS) is 35.3. The van der Waals surface area contributed by atoms with Gasteiger partial charge in [0.05, 0.1) is 0 Å². The summed E-state index contributed by atoms with van der Waals surface area (Å²) in [5.41, 5.74) is 0. The number of carbonyl (C=O) groups excluding carboxylic acids is 1. The maximum Gasteiger partial charge on any atom is 0.509 e. The summed E-state index contributed by atoms with van der Waals surface area (Å²) < 4.78 is 36.1. The Hall–Kier alpha value is -2.23. The van der Waals surface area contributed by atoms with Gasteiger partial charge in [-0.25, -0.2) is 4.79 Å². The molecule has 7 rings (SSSR count). The van der Waals surface area contributed by atoms with Gasteiger partial charge in [0.1, 0.15) is 24.4 Å². The fourth-order valence-electron chi connectivity index (χ4n) is 5.62. The summed E-state index contributed by atoms with van der Waals surface area (Å²) in [7, 11) is -2.87. The summed E-state index contributed by atoms with van der Waals surface area (Å²) in [6.07, 6.45) is -3.73. The van der Waals surface area contributed by atoms with E-state index in [1.54, 1.807) is 0 Å². The van der Waals surface area contributed by atoms with Crippen LogP contribution >= 0.6 is 0 Å². The molecule has 8 heteroatoms. The molecule has 2 aromatic carbocycles. The van der Waals surface area contributed by atoms with E-state index in [2.05, 4.69) is 45.0 Å². The molecule has 168 valence electrons. The molecule has 0 amide bonds. The molecule has 4 saturated heterocycles. The van der Waals surface area contributed by atoms with Gasteiger partial charge in [-0.3, -0.25) is 0 Å². The van der Waals surface area contributed by atoms with Gasteiger partial charge in [-0.15, -0.1) is 0 Å². The first-order valence-electron chi connectivity index (χ1n) is 11.0. The molecule has 0 N–H and O–H groups in total. The molecule has 0 aromatic heterocycles. The molecule has 0 spiro atoms. The molecule has 6 bridgehead atoms. The van der Waals surface area contributed by atoms with E-state index in [0.29, 0.717) is 0 Å². The zero-order chi connectivity index (χ0) is 22.1. The number of hydrogen-bond acceptors (Lipinski definition) is 7. The van der Waals surface area contributed by atoms with Gasteiger partial charge in [-0.05, 0) is 15.4 Å². The first kappa shape index (κ1) is 20.4. The molecule has 0 radical (unpaired) electrons. The van der Waals surface area contributed by atoms with E-state index >= 15 is 0 Å². The van der Waals surface area contributed by atoms with Crippen LogP contribution in [0.5, 0.6) is 0 Å². The zero-order valence-corrected chi connectivity index (χ0v) is 19.2. The first-order chi connectivity index (χ1) is 15.4. The van der Waals surface area contributed by atoms with Crippen LogP contribution in [-0.2, 0) is 28.1 Å². The van der Waals surface area contributed by atoms with Gasteiger partial charge in [0.25, 0.3) is 14.8 Å². The van der Waals surface area contributed by atoms with Crippen molar-refractivity contribution in [2.75, 3.05) is 0 Å². The maximum absolute atomic E-state index is 12.0. The second-order valence-corrected chi connectivity index (χ2v) is 14.0. The van der Waals surface area contributed by atoms with Crippen molar-refractivity contribution < 1.29 is 32.9 Å². The molecule has 32 heavy (non-hydrogen) atoms. The molecule has 3 unspecified atom stereocenters. The van der Waals surface area contributed by atoms with Crippen molar-refractivity contribution in [3.8, 4) is 0 Å². The zero-order valence-electron chi connectivity index (χ0n) is 18.2. The quantitative estimate of drug-likeness (QED) is 0.519. The molecular weight excluding hydrogens is 428 g/mol. The Kier molecular flexibility index (Phi) is 4.54. The molecule has 4 aliphatic heterocycles. The number of benzene rings is 2. The molecule has 5 aliphatic rings. The van der Waals surface area contributed by atoms with Crippen molar-refractivity contribution >= 4 is 24.8 Å². The van der Waals surface area contributed by atoms with Crippen molar-refractivity contribution in [1.82, 2.24) is 0 Å². The van der Waals surface area contributed by atoms with Crippen molar-refractivity contribution in [1.29, 1.82) is 0 Å². The summed E-state index contributed by atoms with van der Waals surface area (Å²) in [5.74, 6) is 0. The highest BCUT2D eigenvalue weighted by atomic mass is 28.4. The number of hydrogen-bond donors (Lipinski definition) is 0.